The summed E-state index contributed by atoms with van der Waals surface area (Å²) in [7, 11) is -3.16. The molecule has 1 aromatic carbocycles. The average Bonchev–Trinajstić information content (AvgIpc) is 2.47. The van der Waals surface area contributed by atoms with E-state index in [4.69, 9.17) is 0 Å². The van der Waals surface area contributed by atoms with Crippen molar-refractivity contribution >= 4 is 21.3 Å². The minimum absolute atomic E-state index is 0.0719. The SMILES string of the molecule is CCS(=O)(=O)c1ccc(N2CCCCC2C(C)=O)cc1. The van der Waals surface area contributed by atoms with Gasteiger partial charge in [0.05, 0.1) is 16.7 Å². The second-order valence-corrected chi connectivity index (χ2v) is 7.49. The number of rotatable bonds is 4. The lowest BCUT2D eigenvalue weighted by atomic mass is 9.98. The smallest absolute Gasteiger partial charge is 0.178 e. The van der Waals surface area contributed by atoms with E-state index in [9.17, 15) is 13.2 Å². The molecular formula is C15H21NO3S. The van der Waals surface area contributed by atoms with Crippen molar-refractivity contribution in [3.05, 3.63) is 24.3 Å². The highest BCUT2D eigenvalue weighted by molar-refractivity contribution is 7.91. The molecule has 1 saturated heterocycles. The number of anilines is 1. The summed E-state index contributed by atoms with van der Waals surface area (Å²) in [5, 5.41) is 0. The fraction of sp³-hybridized carbons (Fsp3) is 0.533. The van der Waals surface area contributed by atoms with Gasteiger partial charge >= 0.3 is 0 Å². The Bertz CT molecular complexity index is 578. The van der Waals surface area contributed by atoms with Crippen molar-refractivity contribution in [1.29, 1.82) is 0 Å². The van der Waals surface area contributed by atoms with Crippen LogP contribution in [0.15, 0.2) is 29.2 Å². The largest absolute Gasteiger partial charge is 0.362 e. The molecule has 110 valence electrons. The third-order valence-corrected chi connectivity index (χ3v) is 5.63. The van der Waals surface area contributed by atoms with Crippen molar-refractivity contribution in [1.82, 2.24) is 0 Å². The van der Waals surface area contributed by atoms with E-state index >= 15 is 0 Å². The topological polar surface area (TPSA) is 54.5 Å². The molecule has 0 saturated carbocycles. The number of nitrogens with zero attached hydrogens (tertiary/aromatic N) is 1. The Kier molecular flexibility index (Phi) is 4.48. The lowest BCUT2D eigenvalue weighted by Crippen LogP contribution is -2.43. The summed E-state index contributed by atoms with van der Waals surface area (Å²) in [6.45, 7) is 4.11. The molecule has 1 heterocycles. The Balaban J connectivity index is 2.27. The lowest BCUT2D eigenvalue weighted by molar-refractivity contribution is -0.118. The molecule has 1 atom stereocenters. The van der Waals surface area contributed by atoms with Crippen molar-refractivity contribution in [3.8, 4) is 0 Å². The number of ketones is 1. The van der Waals surface area contributed by atoms with Gasteiger partial charge in [-0.2, -0.15) is 0 Å². The fourth-order valence-electron chi connectivity index (χ4n) is 2.67. The molecular weight excluding hydrogens is 274 g/mol. The molecule has 5 heteroatoms. The zero-order valence-electron chi connectivity index (χ0n) is 12.0. The van der Waals surface area contributed by atoms with Gasteiger partial charge in [-0.1, -0.05) is 6.92 Å². The Morgan fingerprint density at radius 3 is 2.45 bits per heavy atom. The van der Waals surface area contributed by atoms with E-state index in [0.29, 0.717) is 4.90 Å². The molecule has 20 heavy (non-hydrogen) atoms. The van der Waals surface area contributed by atoms with E-state index < -0.39 is 9.84 Å². The van der Waals surface area contributed by atoms with Crippen LogP contribution >= 0.6 is 0 Å². The summed E-state index contributed by atoms with van der Waals surface area (Å²) in [4.78, 5) is 14.2. The molecule has 0 N–H and O–H groups in total. The highest BCUT2D eigenvalue weighted by atomic mass is 32.2. The van der Waals surface area contributed by atoms with Gasteiger partial charge in [0.1, 0.15) is 0 Å². The highest BCUT2D eigenvalue weighted by Crippen LogP contribution is 2.26. The van der Waals surface area contributed by atoms with Crippen LogP contribution in [0.4, 0.5) is 5.69 Å². The molecule has 1 fully saturated rings. The van der Waals surface area contributed by atoms with Crippen molar-refractivity contribution in [2.45, 2.75) is 44.0 Å². The van der Waals surface area contributed by atoms with E-state index in [1.54, 1.807) is 26.0 Å². The van der Waals surface area contributed by atoms with Crippen molar-refractivity contribution < 1.29 is 13.2 Å². The molecule has 0 amide bonds. The van der Waals surface area contributed by atoms with E-state index in [1.165, 1.54) is 0 Å². The van der Waals surface area contributed by atoms with Gasteiger partial charge in [0.25, 0.3) is 0 Å². The zero-order valence-corrected chi connectivity index (χ0v) is 12.8. The normalized spacial score (nSPS) is 19.9. The van der Waals surface area contributed by atoms with Gasteiger partial charge in [-0.15, -0.1) is 0 Å². The van der Waals surface area contributed by atoms with Crippen molar-refractivity contribution in [2.75, 3.05) is 17.2 Å². The molecule has 0 radical (unpaired) electrons. The van der Waals surface area contributed by atoms with Crippen LogP contribution in [0, 0.1) is 0 Å². The molecule has 1 aliphatic rings. The van der Waals surface area contributed by atoms with Crippen LogP contribution in [-0.2, 0) is 14.6 Å². The molecule has 0 aliphatic carbocycles. The van der Waals surface area contributed by atoms with Crippen LogP contribution in [0.3, 0.4) is 0 Å². The van der Waals surface area contributed by atoms with Gasteiger partial charge in [0.2, 0.25) is 0 Å². The number of sulfone groups is 1. The molecule has 4 nitrogen and oxygen atoms in total. The highest BCUT2D eigenvalue weighted by Gasteiger charge is 2.26. The van der Waals surface area contributed by atoms with Gasteiger partial charge in [0, 0.05) is 12.2 Å². The first kappa shape index (κ1) is 15.0. The summed E-state index contributed by atoms with van der Waals surface area (Å²) in [6, 6.07) is 6.82. The number of piperidine rings is 1. The second kappa shape index (κ2) is 5.95. The third kappa shape index (κ3) is 3.03. The number of carbonyl (C=O) groups is 1. The minimum atomic E-state index is -3.16. The maximum absolute atomic E-state index is 11.8. The maximum Gasteiger partial charge on any atom is 0.178 e. The van der Waals surface area contributed by atoms with Crippen LogP contribution in [0.1, 0.15) is 33.1 Å². The first-order valence-electron chi connectivity index (χ1n) is 7.05. The number of hydrogen-bond acceptors (Lipinski definition) is 4. The van der Waals surface area contributed by atoms with Crippen molar-refractivity contribution in [2.24, 2.45) is 0 Å². The summed E-state index contributed by atoms with van der Waals surface area (Å²) in [6.07, 6.45) is 3.02. The first-order valence-corrected chi connectivity index (χ1v) is 8.71. The van der Waals surface area contributed by atoms with Crippen LogP contribution in [0.2, 0.25) is 0 Å². The summed E-state index contributed by atoms with van der Waals surface area (Å²) < 4.78 is 23.6. The van der Waals surface area contributed by atoms with Gasteiger partial charge in [-0.3, -0.25) is 4.79 Å². The third-order valence-electron chi connectivity index (χ3n) is 3.88. The predicted octanol–water partition coefficient (Wildman–Crippen LogP) is 2.43. The van der Waals surface area contributed by atoms with E-state index in [1.807, 2.05) is 12.1 Å². The fourth-order valence-corrected chi connectivity index (χ4v) is 3.56. The summed E-state index contributed by atoms with van der Waals surface area (Å²) in [5.74, 6) is 0.279. The number of carbonyl (C=O) groups excluding carboxylic acids is 1. The Morgan fingerprint density at radius 1 is 1.25 bits per heavy atom. The van der Waals surface area contributed by atoms with E-state index in [2.05, 4.69) is 4.90 Å². The number of Topliss-reactive ketones (excluding diaryl/α,β-unsaturated/α-hetero) is 1. The summed E-state index contributed by atoms with van der Waals surface area (Å²) >= 11 is 0. The van der Waals surface area contributed by atoms with Gasteiger partial charge in [0.15, 0.2) is 15.6 Å². The molecule has 0 bridgehead atoms. The quantitative estimate of drug-likeness (QED) is 0.856. The Hall–Kier alpha value is -1.36. The maximum atomic E-state index is 11.8. The van der Waals surface area contributed by atoms with Gasteiger partial charge in [-0.05, 0) is 50.5 Å². The first-order chi connectivity index (χ1) is 9.45. The van der Waals surface area contributed by atoms with Gasteiger partial charge in [-0.25, -0.2) is 8.42 Å². The van der Waals surface area contributed by atoms with Crippen LogP contribution in [0.25, 0.3) is 0 Å². The van der Waals surface area contributed by atoms with E-state index in [0.717, 1.165) is 31.5 Å². The molecule has 0 spiro atoms. The average molecular weight is 295 g/mol. The second-order valence-electron chi connectivity index (χ2n) is 5.21. The number of benzene rings is 1. The molecule has 1 unspecified atom stereocenters. The van der Waals surface area contributed by atoms with Gasteiger partial charge < -0.3 is 4.90 Å². The Labute approximate surface area is 120 Å². The molecule has 2 rings (SSSR count). The number of hydrogen-bond donors (Lipinski definition) is 0. The standard InChI is InChI=1S/C15H21NO3S/c1-3-20(18,19)14-9-7-13(8-10-14)16-11-5-4-6-15(16)12(2)17/h7-10,15H,3-6,11H2,1-2H3. The molecule has 1 aromatic rings. The van der Waals surface area contributed by atoms with Crippen LogP contribution < -0.4 is 4.90 Å². The minimum Gasteiger partial charge on any atom is -0.362 e. The zero-order chi connectivity index (χ0) is 14.8. The predicted molar refractivity (Wildman–Crippen MR) is 79.8 cm³/mol. The molecule has 0 aromatic heterocycles. The van der Waals surface area contributed by atoms with Crippen LogP contribution in [0.5, 0.6) is 0 Å². The Morgan fingerprint density at radius 2 is 1.90 bits per heavy atom. The summed E-state index contributed by atoms with van der Waals surface area (Å²) in [5.41, 5.74) is 0.931. The molecule has 1 aliphatic heterocycles. The van der Waals surface area contributed by atoms with Crippen molar-refractivity contribution in [3.63, 3.8) is 0 Å². The monoisotopic (exact) mass is 295 g/mol. The lowest BCUT2D eigenvalue weighted by Gasteiger charge is -2.36. The van der Waals surface area contributed by atoms with Crippen LogP contribution in [-0.4, -0.2) is 32.5 Å². The van der Waals surface area contributed by atoms with E-state index in [-0.39, 0.29) is 17.6 Å².